The lowest BCUT2D eigenvalue weighted by Crippen LogP contribution is -2.46. The number of carbonyl (C=O) groups excluding carboxylic acids is 2. The zero-order valence-electron chi connectivity index (χ0n) is 11.9. The zero-order chi connectivity index (χ0) is 15.3. The summed E-state index contributed by atoms with van der Waals surface area (Å²) in [5.74, 6) is -0.520. The number of rotatable bonds is 5. The summed E-state index contributed by atoms with van der Waals surface area (Å²) in [6, 6.07) is 2.62. The predicted octanol–water partition coefficient (Wildman–Crippen LogP) is 2.16. The molecule has 1 aromatic carbocycles. The van der Waals surface area contributed by atoms with Crippen LogP contribution in [-0.4, -0.2) is 18.0 Å². The maximum atomic E-state index is 13.0. The monoisotopic (exact) mass is 281 g/mol. The van der Waals surface area contributed by atoms with Crippen molar-refractivity contribution in [2.24, 2.45) is 11.7 Å². The second-order valence-electron chi connectivity index (χ2n) is 5.14. The van der Waals surface area contributed by atoms with E-state index in [0.717, 1.165) is 0 Å². The van der Waals surface area contributed by atoms with Crippen molar-refractivity contribution in [3.63, 3.8) is 0 Å². The van der Waals surface area contributed by atoms with Gasteiger partial charge in [-0.15, -0.1) is 0 Å². The van der Waals surface area contributed by atoms with Crippen molar-refractivity contribution in [2.75, 3.05) is 5.32 Å². The first-order chi connectivity index (χ1) is 9.29. The van der Waals surface area contributed by atoms with Gasteiger partial charge in [-0.1, -0.05) is 13.8 Å². The van der Waals surface area contributed by atoms with E-state index in [1.807, 2.05) is 13.8 Å². The van der Waals surface area contributed by atoms with E-state index in [0.29, 0.717) is 17.7 Å². The molecule has 0 aromatic heterocycles. The van der Waals surface area contributed by atoms with E-state index in [-0.39, 0.29) is 17.6 Å². The minimum absolute atomic E-state index is 0.215. The molecule has 0 saturated heterocycles. The van der Waals surface area contributed by atoms with Crippen LogP contribution in [0.15, 0.2) is 18.2 Å². The second kappa shape index (κ2) is 6.88. The van der Waals surface area contributed by atoms with Crippen LogP contribution >= 0.6 is 0 Å². The molecule has 0 fully saturated rings. The Morgan fingerprint density at radius 3 is 2.50 bits per heavy atom. The standard InChI is InChI=1S/C14H20FN3O2/c1-8(2)6-12(18-14(16)20)13(19)17-11-5-4-10(15)7-9(11)3/h4-5,7-8,12H,6H2,1-3H3,(H,17,19)(H3,16,18,20)/t12-/m0/s1. The lowest BCUT2D eigenvalue weighted by molar-refractivity contribution is -0.118. The maximum Gasteiger partial charge on any atom is 0.312 e. The molecular formula is C14H20FN3O2. The van der Waals surface area contributed by atoms with Crippen LogP contribution in [0.25, 0.3) is 0 Å². The fourth-order valence-corrected chi connectivity index (χ4v) is 1.86. The Bertz CT molecular complexity index is 503. The molecule has 0 radical (unpaired) electrons. The SMILES string of the molecule is Cc1cc(F)ccc1NC(=O)[C@H](CC(C)C)NC(N)=O. The van der Waals surface area contributed by atoms with Crippen LogP contribution in [0, 0.1) is 18.7 Å². The van der Waals surface area contributed by atoms with E-state index < -0.39 is 12.1 Å². The Kier molecular flexibility index (Phi) is 5.49. The van der Waals surface area contributed by atoms with Gasteiger partial charge in [-0.05, 0) is 43.0 Å². The molecule has 0 heterocycles. The van der Waals surface area contributed by atoms with Gasteiger partial charge in [0.2, 0.25) is 5.91 Å². The molecule has 1 rings (SSSR count). The van der Waals surface area contributed by atoms with Crippen molar-refractivity contribution < 1.29 is 14.0 Å². The molecule has 0 aliphatic carbocycles. The molecule has 110 valence electrons. The Morgan fingerprint density at radius 1 is 1.35 bits per heavy atom. The van der Waals surface area contributed by atoms with E-state index in [1.54, 1.807) is 6.92 Å². The molecular weight excluding hydrogens is 261 g/mol. The lowest BCUT2D eigenvalue weighted by Gasteiger charge is -2.19. The van der Waals surface area contributed by atoms with Gasteiger partial charge in [-0.2, -0.15) is 0 Å². The molecule has 0 unspecified atom stereocenters. The highest BCUT2D eigenvalue weighted by Gasteiger charge is 2.21. The Morgan fingerprint density at radius 2 is 2.00 bits per heavy atom. The normalized spacial score (nSPS) is 12.1. The second-order valence-corrected chi connectivity index (χ2v) is 5.14. The number of hydrogen-bond donors (Lipinski definition) is 3. The molecule has 3 amide bonds. The first kappa shape index (κ1) is 15.9. The van der Waals surface area contributed by atoms with Gasteiger partial charge in [0.1, 0.15) is 11.9 Å². The largest absolute Gasteiger partial charge is 0.352 e. The highest BCUT2D eigenvalue weighted by atomic mass is 19.1. The van der Waals surface area contributed by atoms with Crippen molar-refractivity contribution >= 4 is 17.6 Å². The topological polar surface area (TPSA) is 84.2 Å². The summed E-state index contributed by atoms with van der Waals surface area (Å²) in [6.45, 7) is 5.57. The number of halogens is 1. The molecule has 6 heteroatoms. The smallest absolute Gasteiger partial charge is 0.312 e. The molecule has 20 heavy (non-hydrogen) atoms. The minimum Gasteiger partial charge on any atom is -0.352 e. The van der Waals surface area contributed by atoms with Crippen molar-refractivity contribution in [2.45, 2.75) is 33.2 Å². The van der Waals surface area contributed by atoms with Crippen molar-refractivity contribution in [3.05, 3.63) is 29.6 Å². The third-order valence-electron chi connectivity index (χ3n) is 2.79. The van der Waals surface area contributed by atoms with Crippen molar-refractivity contribution in [3.8, 4) is 0 Å². The van der Waals surface area contributed by atoms with Crippen LogP contribution in [0.4, 0.5) is 14.9 Å². The maximum absolute atomic E-state index is 13.0. The number of hydrogen-bond acceptors (Lipinski definition) is 2. The average molecular weight is 281 g/mol. The summed E-state index contributed by atoms with van der Waals surface area (Å²) in [7, 11) is 0. The summed E-state index contributed by atoms with van der Waals surface area (Å²) < 4.78 is 13.0. The Labute approximate surface area is 117 Å². The number of aryl methyl sites for hydroxylation is 1. The minimum atomic E-state index is -0.748. The number of amides is 3. The molecule has 1 aromatic rings. The number of carbonyl (C=O) groups is 2. The van der Waals surface area contributed by atoms with E-state index in [4.69, 9.17) is 5.73 Å². The molecule has 0 aliphatic rings. The molecule has 4 N–H and O–H groups in total. The summed E-state index contributed by atoms with van der Waals surface area (Å²) in [4.78, 5) is 23.1. The third-order valence-corrected chi connectivity index (χ3v) is 2.79. The summed E-state index contributed by atoms with van der Waals surface area (Å²) in [5, 5.41) is 5.09. The quantitative estimate of drug-likeness (QED) is 0.772. The molecule has 1 atom stereocenters. The van der Waals surface area contributed by atoms with Crippen LogP contribution in [0.2, 0.25) is 0 Å². The van der Waals surface area contributed by atoms with Gasteiger partial charge < -0.3 is 16.4 Å². The number of nitrogens with two attached hydrogens (primary N) is 1. The van der Waals surface area contributed by atoms with Crippen LogP contribution in [0.5, 0.6) is 0 Å². The van der Waals surface area contributed by atoms with E-state index in [1.165, 1.54) is 18.2 Å². The van der Waals surface area contributed by atoms with Crippen molar-refractivity contribution in [1.82, 2.24) is 5.32 Å². The van der Waals surface area contributed by atoms with Gasteiger partial charge >= 0.3 is 6.03 Å². The fraction of sp³-hybridized carbons (Fsp3) is 0.429. The number of benzene rings is 1. The first-order valence-electron chi connectivity index (χ1n) is 6.42. The van der Waals surface area contributed by atoms with Crippen LogP contribution in [0.3, 0.4) is 0 Å². The van der Waals surface area contributed by atoms with Gasteiger partial charge in [0.05, 0.1) is 0 Å². The third kappa shape index (κ3) is 4.87. The summed E-state index contributed by atoms with van der Waals surface area (Å²) in [6.07, 6.45) is 0.467. The molecule has 0 spiro atoms. The fourth-order valence-electron chi connectivity index (χ4n) is 1.86. The van der Waals surface area contributed by atoms with Gasteiger partial charge in [0, 0.05) is 5.69 Å². The molecule has 5 nitrogen and oxygen atoms in total. The van der Waals surface area contributed by atoms with Crippen LogP contribution < -0.4 is 16.4 Å². The van der Waals surface area contributed by atoms with Gasteiger partial charge in [-0.25, -0.2) is 9.18 Å². The van der Waals surface area contributed by atoms with Crippen LogP contribution in [-0.2, 0) is 4.79 Å². The summed E-state index contributed by atoms with van der Waals surface area (Å²) in [5.41, 5.74) is 6.19. The van der Waals surface area contributed by atoms with Crippen LogP contribution in [0.1, 0.15) is 25.8 Å². The zero-order valence-corrected chi connectivity index (χ0v) is 11.9. The van der Waals surface area contributed by atoms with E-state index in [2.05, 4.69) is 10.6 Å². The van der Waals surface area contributed by atoms with E-state index in [9.17, 15) is 14.0 Å². The molecule has 0 saturated carbocycles. The summed E-state index contributed by atoms with van der Waals surface area (Å²) >= 11 is 0. The van der Waals surface area contributed by atoms with Gasteiger partial charge in [0.25, 0.3) is 0 Å². The molecule has 0 aliphatic heterocycles. The van der Waals surface area contributed by atoms with E-state index >= 15 is 0 Å². The number of nitrogens with one attached hydrogen (secondary N) is 2. The molecule has 0 bridgehead atoms. The lowest BCUT2D eigenvalue weighted by atomic mass is 10.0. The highest BCUT2D eigenvalue weighted by Crippen LogP contribution is 2.16. The number of urea groups is 1. The number of anilines is 1. The highest BCUT2D eigenvalue weighted by molar-refractivity contribution is 5.97. The first-order valence-corrected chi connectivity index (χ1v) is 6.42. The Hall–Kier alpha value is -2.11. The van der Waals surface area contributed by atoms with Gasteiger partial charge in [0.15, 0.2) is 0 Å². The van der Waals surface area contributed by atoms with Crippen molar-refractivity contribution in [1.29, 1.82) is 0 Å². The number of primary amides is 1. The van der Waals surface area contributed by atoms with Gasteiger partial charge in [-0.3, -0.25) is 4.79 Å². The predicted molar refractivity (Wildman–Crippen MR) is 75.7 cm³/mol. The Balaban J connectivity index is 2.81. The average Bonchev–Trinajstić information content (AvgIpc) is 2.30.